The Bertz CT molecular complexity index is 570. The second kappa shape index (κ2) is 4.99. The average molecular weight is 262 g/mol. The van der Waals surface area contributed by atoms with Crippen molar-refractivity contribution in [2.75, 3.05) is 0 Å². The number of benzene rings is 1. The average Bonchev–Trinajstić information content (AvgIpc) is 2.65. The molecule has 2 rings (SSSR count). The molecule has 2 aromatic rings. The van der Waals surface area contributed by atoms with E-state index in [1.54, 1.807) is 6.92 Å². The molecular weight excluding hydrogens is 246 g/mol. The predicted octanol–water partition coefficient (Wildman–Crippen LogP) is 3.90. The van der Waals surface area contributed by atoms with E-state index in [-0.39, 0.29) is 5.78 Å². The molecule has 3 heteroatoms. The molecule has 1 heterocycles. The lowest BCUT2D eigenvalue weighted by atomic mass is 10.1. The summed E-state index contributed by atoms with van der Waals surface area (Å²) >= 11 is 5.88. The van der Waals surface area contributed by atoms with E-state index in [4.69, 9.17) is 11.6 Å². The Morgan fingerprint density at radius 2 is 1.83 bits per heavy atom. The molecule has 0 aliphatic rings. The minimum absolute atomic E-state index is 0.0213. The lowest BCUT2D eigenvalue weighted by Gasteiger charge is -2.09. The van der Waals surface area contributed by atoms with Crippen LogP contribution in [0.5, 0.6) is 0 Å². The summed E-state index contributed by atoms with van der Waals surface area (Å²) in [6.07, 6.45) is 0. The molecule has 0 amide bonds. The van der Waals surface area contributed by atoms with Gasteiger partial charge in [0.2, 0.25) is 0 Å². The number of alkyl halides is 1. The number of halogens is 1. The Balaban J connectivity index is 2.55. The molecule has 1 atom stereocenters. The van der Waals surface area contributed by atoms with Gasteiger partial charge in [0.15, 0.2) is 5.78 Å². The summed E-state index contributed by atoms with van der Waals surface area (Å²) < 4.78 is 2.08. The molecule has 1 aromatic carbocycles. The van der Waals surface area contributed by atoms with E-state index in [2.05, 4.69) is 4.57 Å². The lowest BCUT2D eigenvalue weighted by molar-refractivity contribution is 0.0991. The Morgan fingerprint density at radius 1 is 1.22 bits per heavy atom. The third-order valence-electron chi connectivity index (χ3n) is 3.07. The smallest absolute Gasteiger partial charge is 0.182 e. The van der Waals surface area contributed by atoms with Crippen LogP contribution in [0, 0.1) is 13.8 Å². The van der Waals surface area contributed by atoms with Crippen molar-refractivity contribution in [2.24, 2.45) is 0 Å². The van der Waals surface area contributed by atoms with Gasteiger partial charge in [-0.15, -0.1) is 11.6 Å². The van der Waals surface area contributed by atoms with Gasteiger partial charge in [0, 0.05) is 22.6 Å². The van der Waals surface area contributed by atoms with Crippen molar-refractivity contribution in [3.8, 4) is 5.69 Å². The first-order valence-corrected chi connectivity index (χ1v) is 6.38. The molecule has 0 saturated carbocycles. The predicted molar refractivity (Wildman–Crippen MR) is 74.9 cm³/mol. The summed E-state index contributed by atoms with van der Waals surface area (Å²) in [5.41, 5.74) is 3.75. The van der Waals surface area contributed by atoms with E-state index < -0.39 is 5.38 Å². The van der Waals surface area contributed by atoms with Crippen LogP contribution in [0.2, 0.25) is 0 Å². The zero-order valence-corrected chi connectivity index (χ0v) is 11.5. The highest BCUT2D eigenvalue weighted by Crippen LogP contribution is 2.22. The van der Waals surface area contributed by atoms with Gasteiger partial charge in [-0.05, 0) is 39.0 Å². The molecular formula is C15H16ClNO. The van der Waals surface area contributed by atoms with Crippen LogP contribution in [0.3, 0.4) is 0 Å². The van der Waals surface area contributed by atoms with Crippen molar-refractivity contribution >= 4 is 17.4 Å². The van der Waals surface area contributed by atoms with E-state index in [9.17, 15) is 4.79 Å². The summed E-state index contributed by atoms with van der Waals surface area (Å²) in [7, 11) is 0. The van der Waals surface area contributed by atoms with E-state index in [0.717, 1.165) is 17.1 Å². The molecule has 18 heavy (non-hydrogen) atoms. The second-order valence-electron chi connectivity index (χ2n) is 4.44. The molecule has 0 fully saturated rings. The normalized spacial score (nSPS) is 12.4. The van der Waals surface area contributed by atoms with Crippen LogP contribution in [0.1, 0.15) is 28.7 Å². The molecule has 0 bridgehead atoms. The first-order valence-electron chi connectivity index (χ1n) is 5.95. The van der Waals surface area contributed by atoms with Crippen LogP contribution < -0.4 is 0 Å². The standard InChI is InChI=1S/C15H16ClNO/c1-10-9-14(15(18)11(2)16)12(3)17(10)13-7-5-4-6-8-13/h4-9,11H,1-3H3/t11-/m0/s1. The number of ketones is 1. The molecule has 0 spiro atoms. The summed E-state index contributed by atoms with van der Waals surface area (Å²) in [5.74, 6) is -0.0213. The van der Waals surface area contributed by atoms with E-state index in [1.165, 1.54) is 0 Å². The van der Waals surface area contributed by atoms with Crippen LogP contribution in [-0.4, -0.2) is 15.7 Å². The molecule has 1 aromatic heterocycles. The highest BCUT2D eigenvalue weighted by molar-refractivity contribution is 6.33. The molecule has 0 aliphatic carbocycles. The second-order valence-corrected chi connectivity index (χ2v) is 5.09. The van der Waals surface area contributed by atoms with Gasteiger partial charge in [-0.25, -0.2) is 0 Å². The lowest BCUT2D eigenvalue weighted by Crippen LogP contribution is -2.11. The Hall–Kier alpha value is -1.54. The van der Waals surface area contributed by atoms with Crippen LogP contribution in [0.15, 0.2) is 36.4 Å². The largest absolute Gasteiger partial charge is 0.318 e. The molecule has 0 unspecified atom stereocenters. The maximum absolute atomic E-state index is 12.0. The molecule has 0 radical (unpaired) electrons. The highest BCUT2D eigenvalue weighted by atomic mass is 35.5. The monoisotopic (exact) mass is 261 g/mol. The Kier molecular flexibility index (Phi) is 3.58. The third kappa shape index (κ3) is 2.21. The fourth-order valence-corrected chi connectivity index (χ4v) is 2.32. The first-order chi connectivity index (χ1) is 8.52. The molecule has 2 nitrogen and oxygen atoms in total. The third-order valence-corrected chi connectivity index (χ3v) is 3.27. The maximum atomic E-state index is 12.0. The summed E-state index contributed by atoms with van der Waals surface area (Å²) in [5, 5.41) is -0.491. The number of hydrogen-bond donors (Lipinski definition) is 0. The van der Waals surface area contributed by atoms with Gasteiger partial charge in [-0.1, -0.05) is 18.2 Å². The zero-order chi connectivity index (χ0) is 13.3. The number of hydrogen-bond acceptors (Lipinski definition) is 1. The van der Waals surface area contributed by atoms with Crippen molar-refractivity contribution in [2.45, 2.75) is 26.1 Å². The van der Waals surface area contributed by atoms with Crippen molar-refractivity contribution in [1.82, 2.24) is 4.57 Å². The van der Waals surface area contributed by atoms with E-state index in [1.807, 2.05) is 50.2 Å². The van der Waals surface area contributed by atoms with Gasteiger partial charge in [0.05, 0.1) is 5.38 Å². The van der Waals surface area contributed by atoms with E-state index >= 15 is 0 Å². The Morgan fingerprint density at radius 3 is 2.39 bits per heavy atom. The molecule has 0 aliphatic heterocycles. The van der Waals surface area contributed by atoms with Crippen LogP contribution in [0.25, 0.3) is 5.69 Å². The van der Waals surface area contributed by atoms with Gasteiger partial charge in [0.1, 0.15) is 0 Å². The number of carbonyl (C=O) groups is 1. The quantitative estimate of drug-likeness (QED) is 0.607. The number of aryl methyl sites for hydroxylation is 1. The number of rotatable bonds is 3. The topological polar surface area (TPSA) is 22.0 Å². The number of nitrogens with zero attached hydrogens (tertiary/aromatic N) is 1. The van der Waals surface area contributed by atoms with Crippen molar-refractivity contribution < 1.29 is 4.79 Å². The van der Waals surface area contributed by atoms with Crippen LogP contribution in [0.4, 0.5) is 0 Å². The minimum Gasteiger partial charge on any atom is -0.318 e. The summed E-state index contributed by atoms with van der Waals surface area (Å²) in [6, 6.07) is 11.9. The Labute approximate surface area is 112 Å². The molecule has 94 valence electrons. The number of Topliss-reactive ketones (excluding diaryl/α,β-unsaturated/α-hetero) is 1. The van der Waals surface area contributed by atoms with Crippen LogP contribution >= 0.6 is 11.6 Å². The highest BCUT2D eigenvalue weighted by Gasteiger charge is 2.19. The van der Waals surface area contributed by atoms with Crippen molar-refractivity contribution in [1.29, 1.82) is 0 Å². The number of aromatic nitrogens is 1. The van der Waals surface area contributed by atoms with Gasteiger partial charge in [-0.2, -0.15) is 0 Å². The van der Waals surface area contributed by atoms with Gasteiger partial charge >= 0.3 is 0 Å². The van der Waals surface area contributed by atoms with Gasteiger partial charge in [-0.3, -0.25) is 4.79 Å². The number of para-hydroxylation sites is 1. The van der Waals surface area contributed by atoms with Gasteiger partial charge < -0.3 is 4.57 Å². The van der Waals surface area contributed by atoms with Gasteiger partial charge in [0.25, 0.3) is 0 Å². The first kappa shape index (κ1) is 12.9. The minimum atomic E-state index is -0.491. The SMILES string of the molecule is Cc1cc(C(=O)[C@H](C)Cl)c(C)n1-c1ccccc1. The fraction of sp³-hybridized carbons (Fsp3) is 0.267. The van der Waals surface area contributed by atoms with Crippen molar-refractivity contribution in [3.05, 3.63) is 53.3 Å². The van der Waals surface area contributed by atoms with Crippen LogP contribution in [-0.2, 0) is 0 Å². The fourth-order valence-electron chi connectivity index (χ4n) is 2.20. The van der Waals surface area contributed by atoms with E-state index in [0.29, 0.717) is 5.56 Å². The van der Waals surface area contributed by atoms with Crippen molar-refractivity contribution in [3.63, 3.8) is 0 Å². The number of carbonyl (C=O) groups excluding carboxylic acids is 1. The summed E-state index contributed by atoms with van der Waals surface area (Å²) in [4.78, 5) is 12.0. The maximum Gasteiger partial charge on any atom is 0.182 e. The molecule has 0 N–H and O–H groups in total. The zero-order valence-electron chi connectivity index (χ0n) is 10.8. The summed E-state index contributed by atoms with van der Waals surface area (Å²) in [6.45, 7) is 5.65. The molecule has 0 saturated heterocycles.